The van der Waals surface area contributed by atoms with E-state index in [1.54, 1.807) is 23.1 Å². The summed E-state index contributed by atoms with van der Waals surface area (Å²) in [7, 11) is 0. The van der Waals surface area contributed by atoms with Gasteiger partial charge in [-0.15, -0.1) is 0 Å². The first-order chi connectivity index (χ1) is 7.72. The van der Waals surface area contributed by atoms with Gasteiger partial charge in [0.1, 0.15) is 13.1 Å². The molecule has 16 heavy (non-hydrogen) atoms. The molecule has 0 saturated heterocycles. The largest absolute Gasteiger partial charge is 0.345 e. The Labute approximate surface area is 94.6 Å². The number of benzene rings is 1. The minimum Gasteiger partial charge on any atom is -0.345 e. The summed E-state index contributed by atoms with van der Waals surface area (Å²) in [4.78, 5) is 1.68. The maximum atomic E-state index is 8.73. The molecule has 1 aromatic rings. The van der Waals surface area contributed by atoms with Crippen LogP contribution in [0.2, 0.25) is 0 Å². The lowest BCUT2D eigenvalue weighted by Gasteiger charge is -2.20. The van der Waals surface area contributed by atoms with Crippen LogP contribution in [0.1, 0.15) is 11.1 Å². The fraction of sp³-hybridized carbons (Fsp3) is 0.250. The van der Waals surface area contributed by atoms with Gasteiger partial charge in [-0.1, -0.05) is 0 Å². The molecule has 0 aliphatic heterocycles. The number of nitrogens with zero attached hydrogens (tertiary/aromatic N) is 4. The van der Waals surface area contributed by atoms with E-state index < -0.39 is 0 Å². The minimum absolute atomic E-state index is 0.167. The molecule has 0 saturated carbocycles. The Morgan fingerprint density at radius 1 is 1.12 bits per heavy atom. The number of nitriles is 3. The van der Waals surface area contributed by atoms with Gasteiger partial charge in [0.25, 0.3) is 0 Å². The van der Waals surface area contributed by atoms with Gasteiger partial charge in [-0.05, 0) is 30.7 Å². The lowest BCUT2D eigenvalue weighted by molar-refractivity contribution is 0.959. The van der Waals surface area contributed by atoms with Gasteiger partial charge in [0.15, 0.2) is 0 Å². The summed E-state index contributed by atoms with van der Waals surface area (Å²) in [6, 6.07) is 11.3. The standard InChI is InChI=1S/C12H10N4/c1-10-8-11(9-15)2-3-12(10)16(6-4-13)7-5-14/h2-3,8H,6-7H2,1H3. The average Bonchev–Trinajstić information content (AvgIpc) is 2.29. The van der Waals surface area contributed by atoms with Gasteiger partial charge in [-0.25, -0.2) is 0 Å². The molecule has 0 spiro atoms. The molecule has 0 atom stereocenters. The molecule has 0 aliphatic carbocycles. The van der Waals surface area contributed by atoms with Gasteiger partial charge in [-0.3, -0.25) is 0 Å². The molecule has 1 aromatic carbocycles. The van der Waals surface area contributed by atoms with Crippen molar-refractivity contribution in [1.29, 1.82) is 15.8 Å². The van der Waals surface area contributed by atoms with Gasteiger partial charge >= 0.3 is 0 Å². The Balaban J connectivity index is 3.08. The molecular formula is C12H10N4. The molecule has 0 aliphatic rings. The van der Waals surface area contributed by atoms with Crippen LogP contribution in [0.25, 0.3) is 0 Å². The summed E-state index contributed by atoms with van der Waals surface area (Å²) >= 11 is 0. The molecule has 0 bridgehead atoms. The van der Waals surface area contributed by atoms with Crippen LogP contribution in [0, 0.1) is 40.9 Å². The fourth-order valence-corrected chi connectivity index (χ4v) is 1.48. The number of hydrogen-bond donors (Lipinski definition) is 0. The first-order valence-corrected chi connectivity index (χ1v) is 4.72. The average molecular weight is 210 g/mol. The van der Waals surface area contributed by atoms with Crippen molar-refractivity contribution >= 4 is 5.69 Å². The topological polar surface area (TPSA) is 74.6 Å². The predicted octanol–water partition coefficient (Wildman–Crippen LogP) is 1.72. The zero-order chi connectivity index (χ0) is 12.0. The Bertz CT molecular complexity index is 483. The predicted molar refractivity (Wildman–Crippen MR) is 59.3 cm³/mol. The smallest absolute Gasteiger partial charge is 0.106 e. The quantitative estimate of drug-likeness (QED) is 0.712. The van der Waals surface area contributed by atoms with Crippen LogP contribution in [-0.2, 0) is 0 Å². The van der Waals surface area contributed by atoms with E-state index in [0.717, 1.165) is 11.3 Å². The van der Waals surface area contributed by atoms with E-state index >= 15 is 0 Å². The summed E-state index contributed by atoms with van der Waals surface area (Å²) in [5, 5.41) is 26.1. The van der Waals surface area contributed by atoms with Crippen molar-refractivity contribution in [2.24, 2.45) is 0 Å². The van der Waals surface area contributed by atoms with Crippen LogP contribution in [0.3, 0.4) is 0 Å². The highest BCUT2D eigenvalue weighted by molar-refractivity contribution is 5.57. The van der Waals surface area contributed by atoms with Crippen LogP contribution in [0.15, 0.2) is 18.2 Å². The van der Waals surface area contributed by atoms with E-state index in [2.05, 4.69) is 0 Å². The van der Waals surface area contributed by atoms with E-state index in [1.165, 1.54) is 0 Å². The first kappa shape index (κ1) is 11.6. The highest BCUT2D eigenvalue weighted by Gasteiger charge is 2.08. The number of anilines is 1. The van der Waals surface area contributed by atoms with Crippen molar-refractivity contribution in [3.8, 4) is 18.2 Å². The second kappa shape index (κ2) is 5.39. The van der Waals surface area contributed by atoms with E-state index in [9.17, 15) is 0 Å². The molecular weight excluding hydrogens is 200 g/mol. The Morgan fingerprint density at radius 3 is 2.19 bits per heavy atom. The zero-order valence-corrected chi connectivity index (χ0v) is 8.94. The maximum absolute atomic E-state index is 8.73. The molecule has 0 N–H and O–H groups in total. The molecule has 0 radical (unpaired) electrons. The lowest BCUT2D eigenvalue weighted by atomic mass is 10.1. The van der Waals surface area contributed by atoms with Crippen LogP contribution < -0.4 is 4.90 Å². The second-order valence-corrected chi connectivity index (χ2v) is 3.29. The molecule has 0 heterocycles. The van der Waals surface area contributed by atoms with Gasteiger partial charge < -0.3 is 4.90 Å². The van der Waals surface area contributed by atoms with Crippen molar-refractivity contribution in [2.75, 3.05) is 18.0 Å². The summed E-state index contributed by atoms with van der Waals surface area (Å²) in [5.74, 6) is 0. The molecule has 0 unspecified atom stereocenters. The van der Waals surface area contributed by atoms with Crippen LogP contribution >= 0.6 is 0 Å². The Hall–Kier alpha value is -2.51. The number of hydrogen-bond acceptors (Lipinski definition) is 4. The van der Waals surface area contributed by atoms with Gasteiger partial charge in [0.05, 0.1) is 23.8 Å². The third-order valence-corrected chi connectivity index (χ3v) is 2.19. The van der Waals surface area contributed by atoms with Gasteiger partial charge in [-0.2, -0.15) is 15.8 Å². The molecule has 1 rings (SSSR count). The van der Waals surface area contributed by atoms with E-state index in [-0.39, 0.29) is 13.1 Å². The Morgan fingerprint density at radius 2 is 1.75 bits per heavy atom. The Kier molecular flexibility index (Phi) is 3.90. The molecule has 0 fully saturated rings. The van der Waals surface area contributed by atoms with Gasteiger partial charge in [0.2, 0.25) is 0 Å². The zero-order valence-electron chi connectivity index (χ0n) is 8.94. The monoisotopic (exact) mass is 210 g/mol. The number of rotatable bonds is 3. The van der Waals surface area contributed by atoms with E-state index in [1.807, 2.05) is 25.1 Å². The van der Waals surface area contributed by atoms with Gasteiger partial charge in [0, 0.05) is 5.69 Å². The summed E-state index contributed by atoms with van der Waals surface area (Å²) in [6.45, 7) is 2.19. The van der Waals surface area contributed by atoms with Crippen LogP contribution in [-0.4, -0.2) is 13.1 Å². The molecule has 4 heteroatoms. The van der Waals surface area contributed by atoms with Crippen molar-refractivity contribution in [1.82, 2.24) is 0 Å². The normalized spacial score (nSPS) is 8.62. The second-order valence-electron chi connectivity index (χ2n) is 3.29. The lowest BCUT2D eigenvalue weighted by Crippen LogP contribution is -2.24. The molecule has 0 aromatic heterocycles. The van der Waals surface area contributed by atoms with Crippen LogP contribution in [0.4, 0.5) is 5.69 Å². The van der Waals surface area contributed by atoms with Crippen molar-refractivity contribution in [2.45, 2.75) is 6.92 Å². The summed E-state index contributed by atoms with van der Waals surface area (Å²) < 4.78 is 0. The number of aryl methyl sites for hydroxylation is 1. The summed E-state index contributed by atoms with van der Waals surface area (Å²) in [5.41, 5.74) is 2.29. The third kappa shape index (κ3) is 2.50. The van der Waals surface area contributed by atoms with Crippen molar-refractivity contribution in [3.63, 3.8) is 0 Å². The fourth-order valence-electron chi connectivity index (χ4n) is 1.48. The highest BCUT2D eigenvalue weighted by Crippen LogP contribution is 2.20. The maximum Gasteiger partial charge on any atom is 0.106 e. The molecule has 78 valence electrons. The molecule has 0 amide bonds. The molecule has 4 nitrogen and oxygen atoms in total. The third-order valence-electron chi connectivity index (χ3n) is 2.19. The first-order valence-electron chi connectivity index (χ1n) is 4.72. The minimum atomic E-state index is 0.167. The van der Waals surface area contributed by atoms with Crippen molar-refractivity contribution in [3.05, 3.63) is 29.3 Å². The van der Waals surface area contributed by atoms with Crippen molar-refractivity contribution < 1.29 is 0 Å². The SMILES string of the molecule is Cc1cc(C#N)ccc1N(CC#N)CC#N. The summed E-state index contributed by atoms with van der Waals surface area (Å²) in [6.07, 6.45) is 0. The van der Waals surface area contributed by atoms with Crippen LogP contribution in [0.5, 0.6) is 0 Å². The van der Waals surface area contributed by atoms with E-state index in [4.69, 9.17) is 15.8 Å². The highest BCUT2D eigenvalue weighted by atomic mass is 15.1. The van der Waals surface area contributed by atoms with E-state index in [0.29, 0.717) is 5.56 Å².